The highest BCUT2D eigenvalue weighted by atomic mass is 19.1. The van der Waals surface area contributed by atoms with Crippen molar-refractivity contribution in [3.63, 3.8) is 0 Å². The SMILES string of the molecule is CO[C@@H]1C[C@H]2CC[C@@H](C1)N2c1cc2c(cc1F)Nc1ncc(F)cc1CN2C(=O)[C@H]1CC[C@H](OC(C)C)CO1. The summed E-state index contributed by atoms with van der Waals surface area (Å²) in [6, 6.07) is 4.92. The molecule has 6 rings (SSSR count). The monoisotopic (exact) mass is 542 g/mol. The highest BCUT2D eigenvalue weighted by Gasteiger charge is 2.43. The standard InChI is InChI=1S/C29H36F2N4O4/c1-16(2)39-21-6-7-27(38-15-21)29(36)34-14-17-8-18(30)13-32-28(17)33-24-11-23(31)25(12-26(24)34)35-19-4-5-20(35)10-22(9-19)37-3/h8,11-13,16,19-22,27H,4-7,9-10,14-15H2,1-3H3,(H,32,33)/t19-,20+,21-,22-,27+/m0/s1. The number of nitrogens with zero attached hydrogens (tertiary/aromatic N) is 3. The fourth-order valence-corrected chi connectivity index (χ4v) is 6.67. The maximum atomic E-state index is 15.8. The Balaban J connectivity index is 1.35. The van der Waals surface area contributed by atoms with Crippen molar-refractivity contribution in [3.8, 4) is 0 Å². The zero-order valence-corrected chi connectivity index (χ0v) is 22.7. The van der Waals surface area contributed by atoms with Gasteiger partial charge < -0.3 is 29.3 Å². The first kappa shape index (κ1) is 26.4. The summed E-state index contributed by atoms with van der Waals surface area (Å²) in [5, 5.41) is 3.16. The summed E-state index contributed by atoms with van der Waals surface area (Å²) < 4.78 is 47.5. The van der Waals surface area contributed by atoms with Gasteiger partial charge in [0.2, 0.25) is 0 Å². The summed E-state index contributed by atoms with van der Waals surface area (Å²) in [5.74, 6) is -0.705. The van der Waals surface area contributed by atoms with Crippen molar-refractivity contribution < 1.29 is 27.8 Å². The molecule has 10 heteroatoms. The summed E-state index contributed by atoms with van der Waals surface area (Å²) >= 11 is 0. The molecule has 210 valence electrons. The van der Waals surface area contributed by atoms with Crippen LogP contribution in [0.15, 0.2) is 24.4 Å². The summed E-state index contributed by atoms with van der Waals surface area (Å²) in [6.07, 6.45) is 5.48. The molecule has 3 fully saturated rings. The van der Waals surface area contributed by atoms with Crippen molar-refractivity contribution in [3.05, 3.63) is 41.6 Å². The second-order valence-corrected chi connectivity index (χ2v) is 11.4. The van der Waals surface area contributed by atoms with Crippen molar-refractivity contribution in [1.29, 1.82) is 0 Å². The van der Waals surface area contributed by atoms with Crippen LogP contribution in [0.3, 0.4) is 0 Å². The minimum atomic E-state index is -0.671. The Kier molecular flexibility index (Phi) is 7.20. The average molecular weight is 543 g/mol. The van der Waals surface area contributed by atoms with E-state index in [0.717, 1.165) is 31.9 Å². The normalized spacial score (nSPS) is 28.1. The number of rotatable bonds is 5. The van der Waals surface area contributed by atoms with Crippen LogP contribution in [0.2, 0.25) is 0 Å². The number of hydrogen-bond acceptors (Lipinski definition) is 7. The number of ether oxygens (including phenoxy) is 3. The van der Waals surface area contributed by atoms with Crippen LogP contribution in [0.5, 0.6) is 0 Å². The Morgan fingerprint density at radius 3 is 2.51 bits per heavy atom. The molecule has 1 amide bonds. The molecular weight excluding hydrogens is 506 g/mol. The number of hydrogen-bond donors (Lipinski definition) is 1. The Labute approximate surface area is 227 Å². The van der Waals surface area contributed by atoms with E-state index in [1.165, 1.54) is 12.1 Å². The Bertz CT molecular complexity index is 1220. The zero-order chi connectivity index (χ0) is 27.3. The van der Waals surface area contributed by atoms with E-state index in [-0.39, 0.29) is 48.7 Å². The molecule has 0 unspecified atom stereocenters. The van der Waals surface area contributed by atoms with E-state index in [9.17, 15) is 9.18 Å². The Morgan fingerprint density at radius 1 is 1.08 bits per heavy atom. The Hall–Kier alpha value is -2.82. The molecule has 8 nitrogen and oxygen atoms in total. The topological polar surface area (TPSA) is 76.2 Å². The van der Waals surface area contributed by atoms with Crippen LogP contribution in [0, 0.1) is 11.6 Å². The second kappa shape index (κ2) is 10.6. The summed E-state index contributed by atoms with van der Waals surface area (Å²) in [7, 11) is 1.73. The molecule has 0 aliphatic carbocycles. The lowest BCUT2D eigenvalue weighted by Gasteiger charge is -2.40. The highest BCUT2D eigenvalue weighted by Crippen LogP contribution is 2.45. The van der Waals surface area contributed by atoms with E-state index < -0.39 is 11.9 Å². The third-order valence-corrected chi connectivity index (χ3v) is 8.41. The van der Waals surface area contributed by atoms with Gasteiger partial charge >= 0.3 is 0 Å². The molecule has 4 aliphatic heterocycles. The number of piperidine rings is 1. The number of aromatic nitrogens is 1. The number of anilines is 4. The number of nitrogens with one attached hydrogen (secondary N) is 1. The molecule has 2 aromatic rings. The molecule has 2 bridgehead atoms. The van der Waals surface area contributed by atoms with E-state index in [1.54, 1.807) is 18.1 Å². The van der Waals surface area contributed by atoms with E-state index >= 15 is 4.39 Å². The molecule has 0 saturated carbocycles. The summed E-state index contributed by atoms with van der Waals surface area (Å²) in [6.45, 7) is 4.37. The molecular formula is C29H36F2N4O4. The highest BCUT2D eigenvalue weighted by molar-refractivity contribution is 6.01. The molecule has 1 aromatic carbocycles. The number of methoxy groups -OCH3 is 1. The number of halogens is 2. The smallest absolute Gasteiger partial charge is 0.256 e. The van der Waals surface area contributed by atoms with E-state index in [1.807, 2.05) is 13.8 Å². The van der Waals surface area contributed by atoms with Crippen molar-refractivity contribution in [2.24, 2.45) is 0 Å². The molecule has 1 aromatic heterocycles. The first-order valence-corrected chi connectivity index (χ1v) is 13.9. The van der Waals surface area contributed by atoms with Crippen LogP contribution in [0.1, 0.15) is 57.9 Å². The van der Waals surface area contributed by atoms with Crippen LogP contribution in [-0.2, 0) is 25.5 Å². The van der Waals surface area contributed by atoms with E-state index in [4.69, 9.17) is 14.2 Å². The number of carbonyl (C=O) groups is 1. The van der Waals surface area contributed by atoms with Crippen LogP contribution in [0.4, 0.5) is 31.7 Å². The lowest BCUT2D eigenvalue weighted by atomic mass is 9.98. The van der Waals surface area contributed by atoms with Crippen LogP contribution in [-0.4, -0.2) is 61.1 Å². The van der Waals surface area contributed by atoms with Gasteiger partial charge in [0.05, 0.1) is 54.7 Å². The molecule has 4 aliphatic rings. The van der Waals surface area contributed by atoms with Gasteiger partial charge in [0.1, 0.15) is 23.6 Å². The lowest BCUT2D eigenvalue weighted by Crippen LogP contribution is -2.46. The predicted molar refractivity (Wildman–Crippen MR) is 143 cm³/mol. The Morgan fingerprint density at radius 2 is 1.85 bits per heavy atom. The van der Waals surface area contributed by atoms with Crippen molar-refractivity contribution in [2.45, 2.75) is 95.4 Å². The number of carbonyl (C=O) groups excluding carboxylic acids is 1. The number of pyridine rings is 1. The lowest BCUT2D eigenvalue weighted by molar-refractivity contribution is -0.143. The van der Waals surface area contributed by atoms with Crippen molar-refractivity contribution in [2.75, 3.05) is 28.8 Å². The number of benzene rings is 1. The third kappa shape index (κ3) is 5.10. The van der Waals surface area contributed by atoms with Crippen LogP contribution in [0.25, 0.3) is 0 Å². The molecule has 39 heavy (non-hydrogen) atoms. The first-order valence-electron chi connectivity index (χ1n) is 13.9. The average Bonchev–Trinajstić information content (AvgIpc) is 3.08. The van der Waals surface area contributed by atoms with Gasteiger partial charge in [-0.25, -0.2) is 13.8 Å². The van der Waals surface area contributed by atoms with Crippen LogP contribution >= 0.6 is 0 Å². The quantitative estimate of drug-likeness (QED) is 0.566. The fraction of sp³-hybridized carbons (Fsp3) is 0.586. The minimum Gasteiger partial charge on any atom is -0.381 e. The van der Waals surface area contributed by atoms with Gasteiger partial charge in [0.15, 0.2) is 0 Å². The molecule has 5 heterocycles. The van der Waals surface area contributed by atoms with Gasteiger partial charge in [0.25, 0.3) is 5.91 Å². The molecule has 3 saturated heterocycles. The number of fused-ring (bicyclic) bond motifs is 4. The van der Waals surface area contributed by atoms with E-state index in [2.05, 4.69) is 15.2 Å². The largest absolute Gasteiger partial charge is 0.381 e. The van der Waals surface area contributed by atoms with Crippen molar-refractivity contribution >= 4 is 28.8 Å². The predicted octanol–water partition coefficient (Wildman–Crippen LogP) is 5.07. The van der Waals surface area contributed by atoms with Crippen LogP contribution < -0.4 is 15.1 Å². The van der Waals surface area contributed by atoms with E-state index in [0.29, 0.717) is 47.9 Å². The maximum absolute atomic E-state index is 15.8. The maximum Gasteiger partial charge on any atom is 0.256 e. The second-order valence-electron chi connectivity index (χ2n) is 11.4. The number of amides is 1. The third-order valence-electron chi connectivity index (χ3n) is 8.41. The molecule has 0 radical (unpaired) electrons. The van der Waals surface area contributed by atoms with Gasteiger partial charge in [-0.15, -0.1) is 0 Å². The molecule has 1 N–H and O–H groups in total. The summed E-state index contributed by atoms with van der Waals surface area (Å²) in [4.78, 5) is 21.9. The molecule has 0 spiro atoms. The van der Waals surface area contributed by atoms with Gasteiger partial charge in [-0.2, -0.15) is 0 Å². The van der Waals surface area contributed by atoms with Gasteiger partial charge in [-0.3, -0.25) is 4.79 Å². The minimum absolute atomic E-state index is 0.0580. The molecule has 5 atom stereocenters. The zero-order valence-electron chi connectivity index (χ0n) is 22.7. The fourth-order valence-electron chi connectivity index (χ4n) is 6.67. The van der Waals surface area contributed by atoms with Gasteiger partial charge in [-0.05, 0) is 64.5 Å². The summed E-state index contributed by atoms with van der Waals surface area (Å²) in [5.41, 5.74) is 1.94. The van der Waals surface area contributed by atoms with Gasteiger partial charge in [0, 0.05) is 30.8 Å². The first-order chi connectivity index (χ1) is 18.8. The van der Waals surface area contributed by atoms with Gasteiger partial charge in [-0.1, -0.05) is 0 Å². The van der Waals surface area contributed by atoms with Crippen molar-refractivity contribution in [1.82, 2.24) is 4.98 Å².